The van der Waals surface area contributed by atoms with Gasteiger partial charge in [0.1, 0.15) is 6.04 Å². The van der Waals surface area contributed by atoms with Crippen molar-refractivity contribution in [1.82, 2.24) is 10.2 Å². The quantitative estimate of drug-likeness (QED) is 0.697. The highest BCUT2D eigenvalue weighted by atomic mass is 16.5. The number of ether oxygens (including phenoxy) is 1. The lowest BCUT2D eigenvalue weighted by atomic mass is 10.0. The highest BCUT2D eigenvalue weighted by molar-refractivity contribution is 5.80. The molecule has 5 nitrogen and oxygen atoms in total. The second kappa shape index (κ2) is 7.27. The van der Waals surface area contributed by atoms with Crippen LogP contribution < -0.4 is 5.32 Å². The molecule has 0 aliphatic heterocycles. The van der Waals surface area contributed by atoms with Crippen molar-refractivity contribution in [3.63, 3.8) is 0 Å². The third-order valence-corrected chi connectivity index (χ3v) is 2.76. The predicted octanol–water partition coefficient (Wildman–Crippen LogP) is 0.640. The van der Waals surface area contributed by atoms with E-state index in [9.17, 15) is 9.59 Å². The molecule has 1 atom stereocenters. The van der Waals surface area contributed by atoms with E-state index in [1.54, 1.807) is 11.9 Å². The van der Waals surface area contributed by atoms with E-state index in [0.717, 1.165) is 0 Å². The lowest BCUT2D eigenvalue weighted by Crippen LogP contribution is -2.47. The molecule has 0 aliphatic carbocycles. The maximum Gasteiger partial charge on any atom is 0.323 e. The zero-order valence-electron chi connectivity index (χ0n) is 11.6. The number of methoxy groups -OCH3 is 1. The van der Waals surface area contributed by atoms with Crippen molar-refractivity contribution >= 4 is 11.9 Å². The van der Waals surface area contributed by atoms with Gasteiger partial charge in [0.25, 0.3) is 0 Å². The Morgan fingerprint density at radius 2 is 1.76 bits per heavy atom. The number of likely N-dealkylation sites (N-methyl/N-ethyl adjacent to an activating group) is 1. The van der Waals surface area contributed by atoms with Crippen LogP contribution in [0.5, 0.6) is 0 Å². The van der Waals surface area contributed by atoms with Gasteiger partial charge >= 0.3 is 5.97 Å². The maximum atomic E-state index is 11.7. The zero-order valence-corrected chi connectivity index (χ0v) is 11.6. The van der Waals surface area contributed by atoms with Crippen LogP contribution in [0.15, 0.2) is 0 Å². The van der Waals surface area contributed by atoms with Gasteiger partial charge in [-0.3, -0.25) is 14.9 Å². The summed E-state index contributed by atoms with van der Waals surface area (Å²) < 4.78 is 4.69. The molecule has 0 spiro atoms. The van der Waals surface area contributed by atoms with Gasteiger partial charge in [0.2, 0.25) is 5.91 Å². The van der Waals surface area contributed by atoms with Crippen LogP contribution in [0, 0.1) is 5.92 Å². The number of carbonyl (C=O) groups excluding carboxylic acids is 2. The molecule has 0 aliphatic rings. The molecule has 1 N–H and O–H groups in total. The predicted molar refractivity (Wildman–Crippen MR) is 66.6 cm³/mol. The molecular formula is C12H24N2O3. The van der Waals surface area contributed by atoms with Crippen molar-refractivity contribution < 1.29 is 14.3 Å². The lowest BCUT2D eigenvalue weighted by molar-refractivity contribution is -0.144. The molecule has 1 amide bonds. The Hall–Kier alpha value is -1.10. The average molecular weight is 244 g/mol. The SMILES string of the molecule is COC(=O)C(NCC(=O)N(C)C(C)C)C(C)C. The van der Waals surface area contributed by atoms with Gasteiger partial charge in [-0.25, -0.2) is 0 Å². The first-order valence-corrected chi connectivity index (χ1v) is 5.88. The summed E-state index contributed by atoms with van der Waals surface area (Å²) in [5, 5.41) is 2.94. The minimum Gasteiger partial charge on any atom is -0.468 e. The number of hydrogen-bond acceptors (Lipinski definition) is 4. The molecule has 0 saturated heterocycles. The minimum atomic E-state index is -0.440. The second-order valence-electron chi connectivity index (χ2n) is 4.72. The normalized spacial score (nSPS) is 12.7. The van der Waals surface area contributed by atoms with Crippen LogP contribution in [0.4, 0.5) is 0 Å². The second-order valence-corrected chi connectivity index (χ2v) is 4.72. The standard InChI is InChI=1S/C12H24N2O3/c1-8(2)11(12(16)17-6)13-7-10(15)14(5)9(3)4/h8-9,11,13H,7H2,1-6H3. The van der Waals surface area contributed by atoms with Gasteiger partial charge in [0.15, 0.2) is 0 Å². The summed E-state index contributed by atoms with van der Waals surface area (Å²) in [6.45, 7) is 7.85. The van der Waals surface area contributed by atoms with Gasteiger partial charge in [0, 0.05) is 13.1 Å². The molecular weight excluding hydrogens is 220 g/mol. The Morgan fingerprint density at radius 1 is 1.24 bits per heavy atom. The highest BCUT2D eigenvalue weighted by Crippen LogP contribution is 2.03. The number of amides is 1. The molecule has 5 heteroatoms. The van der Waals surface area contributed by atoms with Crippen LogP contribution >= 0.6 is 0 Å². The van der Waals surface area contributed by atoms with E-state index >= 15 is 0 Å². The summed E-state index contributed by atoms with van der Waals surface area (Å²) in [6.07, 6.45) is 0. The third kappa shape index (κ3) is 5.17. The van der Waals surface area contributed by atoms with E-state index in [1.165, 1.54) is 7.11 Å². The molecule has 0 saturated carbocycles. The summed E-state index contributed by atoms with van der Waals surface area (Å²) in [5.41, 5.74) is 0. The van der Waals surface area contributed by atoms with Crippen molar-refractivity contribution in [2.45, 2.75) is 39.8 Å². The van der Waals surface area contributed by atoms with Crippen molar-refractivity contribution in [1.29, 1.82) is 0 Å². The van der Waals surface area contributed by atoms with Crippen LogP contribution in [0.25, 0.3) is 0 Å². The van der Waals surface area contributed by atoms with E-state index in [4.69, 9.17) is 0 Å². The fourth-order valence-electron chi connectivity index (χ4n) is 1.33. The van der Waals surface area contributed by atoms with Crippen LogP contribution in [0.3, 0.4) is 0 Å². The first-order chi connectivity index (χ1) is 7.81. The molecule has 0 bridgehead atoms. The van der Waals surface area contributed by atoms with E-state index in [1.807, 2.05) is 27.7 Å². The van der Waals surface area contributed by atoms with Crippen LogP contribution in [-0.4, -0.2) is 49.6 Å². The molecule has 1 unspecified atom stereocenters. The Balaban J connectivity index is 4.32. The van der Waals surface area contributed by atoms with Crippen molar-refractivity contribution in [3.8, 4) is 0 Å². The Morgan fingerprint density at radius 3 is 2.12 bits per heavy atom. The van der Waals surface area contributed by atoms with Gasteiger partial charge in [-0.05, 0) is 19.8 Å². The smallest absolute Gasteiger partial charge is 0.323 e. The molecule has 0 aromatic carbocycles. The Kier molecular flexibility index (Phi) is 6.80. The van der Waals surface area contributed by atoms with Crippen molar-refractivity contribution in [3.05, 3.63) is 0 Å². The van der Waals surface area contributed by atoms with Crippen molar-refractivity contribution in [2.24, 2.45) is 5.92 Å². The molecule has 0 aromatic heterocycles. The van der Waals surface area contributed by atoms with Gasteiger partial charge in [-0.1, -0.05) is 13.8 Å². The zero-order chi connectivity index (χ0) is 13.6. The highest BCUT2D eigenvalue weighted by Gasteiger charge is 2.24. The maximum absolute atomic E-state index is 11.7. The van der Waals surface area contributed by atoms with Crippen LogP contribution in [0.2, 0.25) is 0 Å². The Labute approximate surface area is 103 Å². The molecule has 0 rings (SSSR count). The molecule has 0 fully saturated rings. The summed E-state index contributed by atoms with van der Waals surface area (Å²) in [4.78, 5) is 24.8. The van der Waals surface area contributed by atoms with E-state index in [-0.39, 0.29) is 30.4 Å². The first kappa shape index (κ1) is 15.9. The summed E-state index contributed by atoms with van der Waals surface area (Å²) >= 11 is 0. The molecule has 17 heavy (non-hydrogen) atoms. The van der Waals surface area contributed by atoms with Gasteiger partial charge in [-0.2, -0.15) is 0 Å². The fourth-order valence-corrected chi connectivity index (χ4v) is 1.33. The summed E-state index contributed by atoms with van der Waals surface area (Å²) in [7, 11) is 3.10. The number of esters is 1. The van der Waals surface area contributed by atoms with Crippen molar-refractivity contribution in [2.75, 3.05) is 20.7 Å². The largest absolute Gasteiger partial charge is 0.468 e. The topological polar surface area (TPSA) is 58.6 Å². The monoisotopic (exact) mass is 244 g/mol. The third-order valence-electron chi connectivity index (χ3n) is 2.76. The Bertz CT molecular complexity index is 264. The van der Waals surface area contributed by atoms with E-state index in [0.29, 0.717) is 0 Å². The molecule has 0 radical (unpaired) electrons. The van der Waals surface area contributed by atoms with Crippen LogP contribution in [0.1, 0.15) is 27.7 Å². The lowest BCUT2D eigenvalue weighted by Gasteiger charge is -2.24. The summed E-state index contributed by atoms with van der Waals surface area (Å²) in [6, 6.07) is -0.288. The molecule has 0 heterocycles. The first-order valence-electron chi connectivity index (χ1n) is 5.88. The van der Waals surface area contributed by atoms with Gasteiger partial charge in [-0.15, -0.1) is 0 Å². The minimum absolute atomic E-state index is 0.0328. The number of rotatable bonds is 6. The van der Waals surface area contributed by atoms with Gasteiger partial charge < -0.3 is 9.64 Å². The van der Waals surface area contributed by atoms with E-state index in [2.05, 4.69) is 10.1 Å². The molecule has 0 aromatic rings. The van der Waals surface area contributed by atoms with Gasteiger partial charge in [0.05, 0.1) is 13.7 Å². The number of hydrogen-bond donors (Lipinski definition) is 1. The number of nitrogens with zero attached hydrogens (tertiary/aromatic N) is 1. The average Bonchev–Trinajstić information content (AvgIpc) is 2.26. The number of carbonyl (C=O) groups is 2. The van der Waals surface area contributed by atoms with E-state index < -0.39 is 6.04 Å². The summed E-state index contributed by atoms with van der Waals surface area (Å²) in [5.74, 6) is -0.283. The molecule has 100 valence electrons. The van der Waals surface area contributed by atoms with Crippen LogP contribution in [-0.2, 0) is 14.3 Å². The number of nitrogens with one attached hydrogen (secondary N) is 1. The fraction of sp³-hybridized carbons (Fsp3) is 0.833.